The first-order valence-corrected chi connectivity index (χ1v) is 10.5. The Kier molecular flexibility index (Phi) is 5.18. The summed E-state index contributed by atoms with van der Waals surface area (Å²) in [5.41, 5.74) is 8.59. The van der Waals surface area contributed by atoms with Crippen LogP contribution in [0, 0.1) is 11.6 Å². The number of hydrogen-bond donors (Lipinski definition) is 3. The third kappa shape index (κ3) is 3.75. The zero-order valence-corrected chi connectivity index (χ0v) is 17.2. The number of anilines is 3. The highest BCUT2D eigenvalue weighted by Gasteiger charge is 2.27. The molecule has 32 heavy (non-hydrogen) atoms. The van der Waals surface area contributed by atoms with E-state index in [0.717, 1.165) is 37.7 Å². The Morgan fingerprint density at radius 2 is 2.09 bits per heavy atom. The number of pyridine rings is 2. The Labute approximate surface area is 183 Å². The number of rotatable bonds is 4. The molecule has 0 radical (unpaired) electrons. The predicted molar refractivity (Wildman–Crippen MR) is 118 cm³/mol. The lowest BCUT2D eigenvalue weighted by molar-refractivity contribution is 0.0966. The Hall–Kier alpha value is -3.59. The summed E-state index contributed by atoms with van der Waals surface area (Å²) in [7, 11) is 0. The van der Waals surface area contributed by atoms with Crippen LogP contribution in [0.1, 0.15) is 28.9 Å². The topological polar surface area (TPSA) is 96.2 Å². The zero-order valence-electron chi connectivity index (χ0n) is 17.2. The first-order chi connectivity index (χ1) is 15.5. The molecule has 0 spiro atoms. The molecule has 1 fully saturated rings. The van der Waals surface area contributed by atoms with Crippen LogP contribution in [0.15, 0.2) is 42.6 Å². The molecule has 1 amide bonds. The van der Waals surface area contributed by atoms with E-state index < -0.39 is 11.6 Å². The second kappa shape index (κ2) is 8.16. The van der Waals surface area contributed by atoms with Crippen LogP contribution >= 0.6 is 0 Å². The number of piperidine rings is 1. The fraction of sp³-hybridized carbons (Fsp3) is 0.261. The van der Waals surface area contributed by atoms with Crippen molar-refractivity contribution < 1.29 is 13.6 Å². The van der Waals surface area contributed by atoms with Gasteiger partial charge in [0.25, 0.3) is 5.91 Å². The summed E-state index contributed by atoms with van der Waals surface area (Å²) in [5.74, 6) is -1.69. The third-order valence-electron chi connectivity index (χ3n) is 5.80. The lowest BCUT2D eigenvalue weighted by Crippen LogP contribution is -2.42. The van der Waals surface area contributed by atoms with Crippen LogP contribution in [0.5, 0.6) is 0 Å². The van der Waals surface area contributed by atoms with Crippen LogP contribution < -0.4 is 21.3 Å². The Morgan fingerprint density at radius 1 is 1.22 bits per heavy atom. The Balaban J connectivity index is 1.47. The maximum atomic E-state index is 14.4. The first-order valence-electron chi connectivity index (χ1n) is 10.5. The SMILES string of the molecule is NC1CCCN(c2ccc(Nc3cc(-c4cccc(F)c4F)nc4c3C(=O)NC4)nc2)C1. The highest BCUT2D eigenvalue weighted by molar-refractivity contribution is 6.04. The minimum atomic E-state index is -0.981. The fourth-order valence-electron chi connectivity index (χ4n) is 4.20. The molecule has 5 rings (SSSR count). The molecule has 1 aromatic carbocycles. The van der Waals surface area contributed by atoms with Crippen molar-refractivity contribution in [2.45, 2.75) is 25.4 Å². The standard InChI is InChI=1S/C23H22F2N6O/c24-16-5-1-4-15(22(16)25)17-9-18(21-19(29-17)11-28-23(21)32)30-20-7-6-14(10-27-20)31-8-2-3-13(26)12-31/h1,4-7,9-10,13H,2-3,8,11-12,26H2,(H,28,32)(H,27,29,30). The van der Waals surface area contributed by atoms with Gasteiger partial charge in [0.15, 0.2) is 11.6 Å². The highest BCUT2D eigenvalue weighted by atomic mass is 19.2. The molecule has 0 aliphatic carbocycles. The number of nitrogens with zero attached hydrogens (tertiary/aromatic N) is 3. The fourth-order valence-corrected chi connectivity index (χ4v) is 4.20. The summed E-state index contributed by atoms with van der Waals surface area (Å²) in [5, 5.41) is 5.87. The van der Waals surface area contributed by atoms with E-state index in [2.05, 4.69) is 25.5 Å². The number of fused-ring (bicyclic) bond motifs is 1. The molecule has 9 heteroatoms. The molecule has 2 aliphatic rings. The lowest BCUT2D eigenvalue weighted by Gasteiger charge is -2.32. The molecule has 4 N–H and O–H groups in total. The summed E-state index contributed by atoms with van der Waals surface area (Å²) >= 11 is 0. The number of carbonyl (C=O) groups excluding carboxylic acids is 1. The minimum Gasteiger partial charge on any atom is -0.369 e. The van der Waals surface area contributed by atoms with Gasteiger partial charge in [-0.25, -0.2) is 18.7 Å². The molecule has 1 saturated heterocycles. The van der Waals surface area contributed by atoms with Crippen molar-refractivity contribution in [1.29, 1.82) is 0 Å². The molecule has 0 bridgehead atoms. The highest BCUT2D eigenvalue weighted by Crippen LogP contribution is 2.32. The number of amides is 1. The summed E-state index contributed by atoms with van der Waals surface area (Å²) < 4.78 is 28.1. The number of aromatic nitrogens is 2. The van der Waals surface area contributed by atoms with Crippen molar-refractivity contribution in [3.05, 3.63) is 65.5 Å². The van der Waals surface area contributed by atoms with E-state index in [1.165, 1.54) is 12.1 Å². The van der Waals surface area contributed by atoms with Gasteiger partial charge in [-0.05, 0) is 43.2 Å². The third-order valence-corrected chi connectivity index (χ3v) is 5.80. The van der Waals surface area contributed by atoms with Crippen LogP contribution in [0.2, 0.25) is 0 Å². The second-order valence-corrected chi connectivity index (χ2v) is 8.04. The van der Waals surface area contributed by atoms with Gasteiger partial charge in [0.2, 0.25) is 0 Å². The largest absolute Gasteiger partial charge is 0.369 e. The van der Waals surface area contributed by atoms with E-state index in [9.17, 15) is 13.6 Å². The summed E-state index contributed by atoms with van der Waals surface area (Å²) in [6.45, 7) is 1.94. The van der Waals surface area contributed by atoms with Crippen molar-refractivity contribution in [2.24, 2.45) is 5.73 Å². The van der Waals surface area contributed by atoms with E-state index in [-0.39, 0.29) is 29.8 Å². The maximum absolute atomic E-state index is 14.4. The molecule has 7 nitrogen and oxygen atoms in total. The van der Waals surface area contributed by atoms with Gasteiger partial charge in [-0.2, -0.15) is 0 Å². The predicted octanol–water partition coefficient (Wildman–Crippen LogP) is 3.34. The molecular weight excluding hydrogens is 414 g/mol. The molecule has 4 heterocycles. The van der Waals surface area contributed by atoms with Crippen LogP contribution in [-0.4, -0.2) is 35.0 Å². The monoisotopic (exact) mass is 436 g/mol. The molecule has 3 aromatic rings. The van der Waals surface area contributed by atoms with E-state index in [0.29, 0.717) is 22.8 Å². The molecule has 164 valence electrons. The molecular formula is C23H22F2N6O. The second-order valence-electron chi connectivity index (χ2n) is 8.04. The van der Waals surface area contributed by atoms with E-state index in [1.54, 1.807) is 12.3 Å². The average molecular weight is 436 g/mol. The molecule has 1 unspecified atom stereocenters. The summed E-state index contributed by atoms with van der Waals surface area (Å²) in [4.78, 5) is 23.4. The number of benzene rings is 1. The van der Waals surface area contributed by atoms with Gasteiger partial charge in [-0.3, -0.25) is 4.79 Å². The number of nitrogens with two attached hydrogens (primary N) is 1. The Morgan fingerprint density at radius 3 is 2.88 bits per heavy atom. The van der Waals surface area contributed by atoms with E-state index in [1.807, 2.05) is 12.1 Å². The van der Waals surface area contributed by atoms with Crippen molar-refractivity contribution in [3.63, 3.8) is 0 Å². The van der Waals surface area contributed by atoms with Crippen LogP contribution in [-0.2, 0) is 6.54 Å². The van der Waals surface area contributed by atoms with Crippen LogP contribution in [0.4, 0.5) is 26.0 Å². The number of hydrogen-bond acceptors (Lipinski definition) is 6. The van der Waals surface area contributed by atoms with E-state index >= 15 is 0 Å². The van der Waals surface area contributed by atoms with Crippen LogP contribution in [0.25, 0.3) is 11.3 Å². The van der Waals surface area contributed by atoms with Gasteiger partial charge in [-0.1, -0.05) is 6.07 Å². The minimum absolute atomic E-state index is 0.0277. The number of carbonyl (C=O) groups is 1. The van der Waals surface area contributed by atoms with Crippen molar-refractivity contribution in [1.82, 2.24) is 15.3 Å². The molecule has 1 atom stereocenters. The zero-order chi connectivity index (χ0) is 22.2. The van der Waals surface area contributed by atoms with Gasteiger partial charge in [0.05, 0.1) is 41.1 Å². The van der Waals surface area contributed by atoms with Gasteiger partial charge in [0.1, 0.15) is 5.82 Å². The lowest BCUT2D eigenvalue weighted by atomic mass is 10.1. The van der Waals surface area contributed by atoms with Crippen molar-refractivity contribution >= 4 is 23.1 Å². The summed E-state index contributed by atoms with van der Waals surface area (Å²) in [6, 6.07) is 9.39. The molecule has 0 saturated carbocycles. The van der Waals surface area contributed by atoms with Crippen LogP contribution in [0.3, 0.4) is 0 Å². The molecule has 2 aromatic heterocycles. The normalized spacial score (nSPS) is 17.8. The quantitative estimate of drug-likeness (QED) is 0.581. The molecule has 2 aliphatic heterocycles. The van der Waals surface area contributed by atoms with E-state index in [4.69, 9.17) is 5.73 Å². The van der Waals surface area contributed by atoms with Gasteiger partial charge in [0, 0.05) is 24.7 Å². The van der Waals surface area contributed by atoms with Gasteiger partial charge >= 0.3 is 0 Å². The van der Waals surface area contributed by atoms with Crippen molar-refractivity contribution in [2.75, 3.05) is 23.3 Å². The average Bonchev–Trinajstić information content (AvgIpc) is 3.17. The number of nitrogens with one attached hydrogen (secondary N) is 2. The van der Waals surface area contributed by atoms with Crippen molar-refractivity contribution in [3.8, 4) is 11.3 Å². The number of halogens is 2. The smallest absolute Gasteiger partial charge is 0.255 e. The first kappa shape index (κ1) is 20.3. The Bertz CT molecular complexity index is 1180. The van der Waals surface area contributed by atoms with Gasteiger partial charge in [-0.15, -0.1) is 0 Å². The maximum Gasteiger partial charge on any atom is 0.255 e. The summed E-state index contributed by atoms with van der Waals surface area (Å²) in [6.07, 6.45) is 3.82. The van der Waals surface area contributed by atoms with Gasteiger partial charge < -0.3 is 21.3 Å².